The fourth-order valence-corrected chi connectivity index (χ4v) is 3.11. The van der Waals surface area contributed by atoms with Crippen molar-refractivity contribution in [1.29, 1.82) is 0 Å². The summed E-state index contributed by atoms with van der Waals surface area (Å²) in [5.74, 6) is -7.49. The predicted molar refractivity (Wildman–Crippen MR) is 137 cm³/mol. The van der Waals surface area contributed by atoms with Gasteiger partial charge in [0.2, 0.25) is 41.4 Å². The molecule has 0 heterocycles. The molecule has 0 aromatic rings. The summed E-state index contributed by atoms with van der Waals surface area (Å²) in [4.78, 5) is 93.4. The molecule has 0 aliphatic carbocycles. The maximum Gasteiger partial charge on any atom is 0.326 e. The van der Waals surface area contributed by atoms with E-state index in [1.165, 1.54) is 0 Å². The summed E-state index contributed by atoms with van der Waals surface area (Å²) in [7, 11) is 0. The van der Waals surface area contributed by atoms with Gasteiger partial charge in [-0.3, -0.25) is 33.6 Å². The first-order chi connectivity index (χ1) is 17.7. The van der Waals surface area contributed by atoms with Gasteiger partial charge in [0.25, 0.3) is 0 Å². The van der Waals surface area contributed by atoms with Crippen molar-refractivity contribution in [2.45, 2.75) is 43.4 Å². The molecule has 0 saturated heterocycles. The number of hydrogen-bond acceptors (Lipinski definition) is 11. The van der Waals surface area contributed by atoms with Crippen molar-refractivity contribution in [2.24, 2.45) is 17.2 Å². The van der Waals surface area contributed by atoms with E-state index in [-0.39, 0.29) is 24.3 Å². The third kappa shape index (κ3) is 14.2. The number of amides is 7. The first-order valence-corrected chi connectivity index (χ1v) is 12.2. The lowest BCUT2D eigenvalue weighted by atomic mass is 10.1. The Bertz CT molecular complexity index is 921. The third-order valence-electron chi connectivity index (χ3n) is 4.57. The van der Waals surface area contributed by atoms with Gasteiger partial charge in [-0.1, -0.05) is 0 Å². The van der Waals surface area contributed by atoms with Gasteiger partial charge in [0.05, 0.1) is 25.6 Å². The minimum Gasteiger partial charge on any atom is -0.480 e. The van der Waals surface area contributed by atoms with E-state index in [0.717, 1.165) is 0 Å². The van der Waals surface area contributed by atoms with Crippen molar-refractivity contribution in [2.75, 3.05) is 24.6 Å². The summed E-state index contributed by atoms with van der Waals surface area (Å²) in [6, 6.07) is -5.11. The Morgan fingerprint density at radius 3 is 1.53 bits per heavy atom. The van der Waals surface area contributed by atoms with Crippen LogP contribution in [-0.4, -0.2) is 101 Å². The Morgan fingerprint density at radius 2 is 1.13 bits per heavy atom. The smallest absolute Gasteiger partial charge is 0.326 e. The van der Waals surface area contributed by atoms with Crippen LogP contribution in [0.2, 0.25) is 0 Å². The third-order valence-corrected chi connectivity index (χ3v) is 5.30. The summed E-state index contributed by atoms with van der Waals surface area (Å²) in [6.07, 6.45) is -0.972. The molecule has 0 rings (SSSR count). The largest absolute Gasteiger partial charge is 0.480 e. The van der Waals surface area contributed by atoms with Crippen molar-refractivity contribution in [3.05, 3.63) is 0 Å². The molecule has 0 unspecified atom stereocenters. The molecule has 0 radical (unpaired) electrons. The summed E-state index contributed by atoms with van der Waals surface area (Å²) < 4.78 is 0. The van der Waals surface area contributed by atoms with Gasteiger partial charge in [-0.05, 0) is 6.42 Å². The molecule has 4 atom stereocenters. The summed E-state index contributed by atoms with van der Waals surface area (Å²) >= 11 is 7.90. The molecule has 0 aromatic heterocycles. The van der Waals surface area contributed by atoms with Crippen LogP contribution in [0.3, 0.4) is 0 Å². The molecule has 0 aliphatic rings. The molecule has 0 saturated carbocycles. The number of carbonyl (C=O) groups excluding carboxylic acids is 7. The van der Waals surface area contributed by atoms with Crippen LogP contribution in [0.15, 0.2) is 0 Å². The van der Waals surface area contributed by atoms with Crippen LogP contribution in [0.4, 0.5) is 0 Å². The number of nitrogens with one attached hydrogen (secondary N) is 5. The highest BCUT2D eigenvalue weighted by Gasteiger charge is 2.26. The lowest BCUT2D eigenvalue weighted by Gasteiger charge is -2.20. The standard InChI is InChI=1S/C19H32N8O9S2/c20-8(3-13(22)29)16(32)27-11(7-38)18(34)24-5-15(31)26-10(6-37)17(33)23-4-14(30)25-9(19(35)36)1-2-12(21)28/h8-11,37-38H,1-7,20H2,(H2,21,28)(H2,22,29)(H,23,33)(H,24,34)(H,25,30)(H,26,31)(H,27,32)(H,35,36)/t8-,9-,10-,11-/m0/s1. The van der Waals surface area contributed by atoms with Gasteiger partial charge in [0, 0.05) is 17.9 Å². The van der Waals surface area contributed by atoms with Crippen LogP contribution in [0, 0.1) is 0 Å². The zero-order valence-electron chi connectivity index (χ0n) is 20.1. The molecule has 17 nitrogen and oxygen atoms in total. The number of primary amides is 2. The summed E-state index contributed by atoms with van der Waals surface area (Å²) in [5.41, 5.74) is 15.4. The molecule has 19 heteroatoms. The SMILES string of the molecule is NC(=O)CC[C@H](NC(=O)CNC(=O)[C@H](CS)NC(=O)CNC(=O)[C@H](CS)NC(=O)[C@@H](N)CC(N)=O)C(=O)O. The predicted octanol–water partition coefficient (Wildman–Crippen LogP) is -5.91. The number of thiol groups is 2. The molecular weight excluding hydrogens is 548 g/mol. The zero-order chi connectivity index (χ0) is 29.4. The van der Waals surface area contributed by atoms with Crippen LogP contribution in [-0.2, 0) is 38.4 Å². The van der Waals surface area contributed by atoms with E-state index in [9.17, 15) is 38.4 Å². The molecular formula is C19H32N8O9S2. The van der Waals surface area contributed by atoms with E-state index in [2.05, 4.69) is 51.8 Å². The number of carbonyl (C=O) groups is 8. The highest BCUT2D eigenvalue weighted by molar-refractivity contribution is 7.80. The zero-order valence-corrected chi connectivity index (χ0v) is 21.9. The Kier molecular flexibility index (Phi) is 16.1. The Labute approximate surface area is 227 Å². The summed E-state index contributed by atoms with van der Waals surface area (Å²) in [5, 5.41) is 20.2. The van der Waals surface area contributed by atoms with Crippen LogP contribution in [0.25, 0.3) is 0 Å². The first-order valence-electron chi connectivity index (χ1n) is 10.9. The molecule has 0 spiro atoms. The van der Waals surface area contributed by atoms with Crippen LogP contribution < -0.4 is 43.8 Å². The Hall–Kier alpha value is -3.58. The molecule has 7 amide bonds. The van der Waals surface area contributed by atoms with E-state index in [4.69, 9.17) is 22.3 Å². The average Bonchev–Trinajstić information content (AvgIpc) is 2.84. The van der Waals surface area contributed by atoms with Crippen LogP contribution in [0.5, 0.6) is 0 Å². The van der Waals surface area contributed by atoms with E-state index in [1.807, 2.05) is 0 Å². The van der Waals surface area contributed by atoms with Gasteiger partial charge in [0.1, 0.15) is 18.1 Å². The van der Waals surface area contributed by atoms with Gasteiger partial charge < -0.3 is 48.9 Å². The maximum atomic E-state index is 12.3. The van der Waals surface area contributed by atoms with Gasteiger partial charge in [-0.2, -0.15) is 25.3 Å². The summed E-state index contributed by atoms with van der Waals surface area (Å²) in [6.45, 7) is -1.25. The second-order valence-electron chi connectivity index (χ2n) is 7.72. The number of carboxylic acid groups (broad SMARTS) is 1. The average molecular weight is 581 g/mol. The first kappa shape index (κ1) is 34.4. The monoisotopic (exact) mass is 580 g/mol. The molecule has 0 aromatic carbocycles. The maximum absolute atomic E-state index is 12.3. The number of aliphatic carboxylic acids is 1. The minimum absolute atomic E-state index is 0.169. The minimum atomic E-state index is -1.40. The second kappa shape index (κ2) is 17.8. The lowest BCUT2D eigenvalue weighted by Crippen LogP contribution is -2.55. The van der Waals surface area contributed by atoms with Crippen LogP contribution in [0.1, 0.15) is 19.3 Å². The quantitative estimate of drug-likeness (QED) is 0.0682. The van der Waals surface area contributed by atoms with Gasteiger partial charge in [-0.25, -0.2) is 4.79 Å². The molecule has 0 bridgehead atoms. The van der Waals surface area contributed by atoms with Crippen molar-refractivity contribution >= 4 is 72.6 Å². The fraction of sp³-hybridized carbons (Fsp3) is 0.579. The van der Waals surface area contributed by atoms with E-state index in [0.29, 0.717) is 0 Å². The number of rotatable bonds is 18. The molecule has 0 aliphatic heterocycles. The molecule has 12 N–H and O–H groups in total. The molecule has 0 fully saturated rings. The number of hydrogen-bond donors (Lipinski definition) is 11. The highest BCUT2D eigenvalue weighted by Crippen LogP contribution is 1.98. The Morgan fingerprint density at radius 1 is 0.684 bits per heavy atom. The normalized spacial score (nSPS) is 13.6. The van der Waals surface area contributed by atoms with Crippen molar-refractivity contribution in [3.8, 4) is 0 Å². The lowest BCUT2D eigenvalue weighted by molar-refractivity contribution is -0.142. The number of nitrogens with two attached hydrogens (primary N) is 3. The van der Waals surface area contributed by atoms with Crippen molar-refractivity contribution < 1.29 is 43.5 Å². The van der Waals surface area contributed by atoms with Crippen LogP contribution >= 0.6 is 25.3 Å². The number of carboxylic acids is 1. The molecule has 214 valence electrons. The van der Waals surface area contributed by atoms with Gasteiger partial charge >= 0.3 is 5.97 Å². The van der Waals surface area contributed by atoms with Crippen molar-refractivity contribution in [3.63, 3.8) is 0 Å². The second-order valence-corrected chi connectivity index (χ2v) is 8.45. The Balaban J connectivity index is 4.71. The van der Waals surface area contributed by atoms with Gasteiger partial charge in [-0.15, -0.1) is 0 Å². The van der Waals surface area contributed by atoms with E-state index in [1.54, 1.807) is 0 Å². The topological polar surface area (TPSA) is 295 Å². The van der Waals surface area contributed by atoms with E-state index < -0.39 is 91.0 Å². The molecule has 38 heavy (non-hydrogen) atoms. The highest BCUT2D eigenvalue weighted by atomic mass is 32.1. The fourth-order valence-electron chi connectivity index (χ4n) is 2.59. The van der Waals surface area contributed by atoms with E-state index >= 15 is 0 Å². The van der Waals surface area contributed by atoms with Gasteiger partial charge in [0.15, 0.2) is 0 Å². The van der Waals surface area contributed by atoms with Crippen molar-refractivity contribution in [1.82, 2.24) is 26.6 Å².